The van der Waals surface area contributed by atoms with Crippen LogP contribution in [0.1, 0.15) is 46.1 Å². The lowest BCUT2D eigenvalue weighted by Crippen LogP contribution is -2.38. The molecule has 0 unspecified atom stereocenters. The van der Waals surface area contributed by atoms with Crippen molar-refractivity contribution in [3.63, 3.8) is 0 Å². The van der Waals surface area contributed by atoms with Crippen molar-refractivity contribution in [2.45, 2.75) is 30.7 Å². The molecule has 0 radical (unpaired) electrons. The summed E-state index contributed by atoms with van der Waals surface area (Å²) in [5.74, 6) is -3.38. The predicted octanol–water partition coefficient (Wildman–Crippen LogP) is 5.40. The lowest BCUT2D eigenvalue weighted by Gasteiger charge is -2.25. The van der Waals surface area contributed by atoms with E-state index in [1.165, 1.54) is 30.5 Å². The third kappa shape index (κ3) is 5.02. The SMILES string of the molecule is NC(=O)c1cc(-c2cccnc2[C@H](Cc2cc(F)cc(F)c2)NC(=O)C2(c3ccccc3)CC2)ccc1F. The molecule has 8 heteroatoms. The first-order valence-corrected chi connectivity index (χ1v) is 12.1. The number of primary amides is 1. The van der Waals surface area contributed by atoms with E-state index in [4.69, 9.17) is 5.73 Å². The molecule has 1 aromatic heterocycles. The second kappa shape index (κ2) is 10.1. The third-order valence-electron chi connectivity index (χ3n) is 6.89. The molecule has 2 amide bonds. The molecule has 1 heterocycles. The van der Waals surface area contributed by atoms with E-state index in [1.54, 1.807) is 12.1 Å². The van der Waals surface area contributed by atoms with Gasteiger partial charge in [-0.3, -0.25) is 14.6 Å². The van der Waals surface area contributed by atoms with Gasteiger partial charge in [-0.15, -0.1) is 0 Å². The highest BCUT2D eigenvalue weighted by Crippen LogP contribution is 2.49. The fraction of sp³-hybridized carbons (Fsp3) is 0.167. The number of hydrogen-bond acceptors (Lipinski definition) is 3. The summed E-state index contributed by atoms with van der Waals surface area (Å²) in [6.07, 6.45) is 2.91. The number of aromatic nitrogens is 1. The summed E-state index contributed by atoms with van der Waals surface area (Å²) in [6.45, 7) is 0. The minimum Gasteiger partial charge on any atom is -0.366 e. The van der Waals surface area contributed by atoms with E-state index < -0.39 is 34.8 Å². The van der Waals surface area contributed by atoms with Crippen LogP contribution in [-0.4, -0.2) is 16.8 Å². The van der Waals surface area contributed by atoms with Crippen LogP contribution in [-0.2, 0) is 16.6 Å². The van der Waals surface area contributed by atoms with Crippen LogP contribution in [0, 0.1) is 17.5 Å². The number of amides is 2. The van der Waals surface area contributed by atoms with Crippen LogP contribution < -0.4 is 11.1 Å². The van der Waals surface area contributed by atoms with Gasteiger partial charge in [-0.1, -0.05) is 42.5 Å². The second-order valence-corrected chi connectivity index (χ2v) is 9.45. The van der Waals surface area contributed by atoms with Crippen LogP contribution in [0.5, 0.6) is 0 Å². The number of nitrogens with one attached hydrogen (secondary N) is 1. The van der Waals surface area contributed by atoms with Crippen molar-refractivity contribution in [1.29, 1.82) is 0 Å². The van der Waals surface area contributed by atoms with Gasteiger partial charge in [0.1, 0.15) is 17.5 Å². The highest BCUT2D eigenvalue weighted by atomic mass is 19.1. The van der Waals surface area contributed by atoms with Crippen molar-refractivity contribution in [2.24, 2.45) is 5.73 Å². The molecule has 0 aliphatic heterocycles. The largest absolute Gasteiger partial charge is 0.366 e. The summed E-state index contributed by atoms with van der Waals surface area (Å²) in [7, 11) is 0. The van der Waals surface area contributed by atoms with Crippen LogP contribution in [0.25, 0.3) is 11.1 Å². The fourth-order valence-electron chi connectivity index (χ4n) is 4.83. The number of carbonyl (C=O) groups excluding carboxylic acids is 2. The minimum atomic E-state index is -0.923. The number of nitrogens with two attached hydrogens (primary N) is 1. The Morgan fingerprint density at radius 3 is 2.29 bits per heavy atom. The Morgan fingerprint density at radius 1 is 0.921 bits per heavy atom. The summed E-state index contributed by atoms with van der Waals surface area (Å²) < 4.78 is 42.3. The first-order valence-electron chi connectivity index (χ1n) is 12.1. The number of carbonyl (C=O) groups is 2. The van der Waals surface area contributed by atoms with Crippen LogP contribution >= 0.6 is 0 Å². The van der Waals surface area contributed by atoms with Gasteiger partial charge >= 0.3 is 0 Å². The Morgan fingerprint density at radius 2 is 1.63 bits per heavy atom. The van der Waals surface area contributed by atoms with Gasteiger partial charge in [-0.2, -0.15) is 0 Å². The Labute approximate surface area is 217 Å². The minimum absolute atomic E-state index is 0.0408. The quantitative estimate of drug-likeness (QED) is 0.330. The molecule has 0 bridgehead atoms. The van der Waals surface area contributed by atoms with E-state index in [0.29, 0.717) is 35.2 Å². The van der Waals surface area contributed by atoms with E-state index >= 15 is 0 Å². The summed E-state index contributed by atoms with van der Waals surface area (Å²) >= 11 is 0. The van der Waals surface area contributed by atoms with E-state index in [0.717, 1.165) is 17.7 Å². The highest BCUT2D eigenvalue weighted by molar-refractivity contribution is 5.94. The summed E-state index contributed by atoms with van der Waals surface area (Å²) in [6, 6.07) is 19.2. The number of hydrogen-bond donors (Lipinski definition) is 2. The summed E-state index contributed by atoms with van der Waals surface area (Å²) in [4.78, 5) is 29.9. The van der Waals surface area contributed by atoms with Gasteiger partial charge in [0.25, 0.3) is 5.91 Å². The zero-order valence-electron chi connectivity index (χ0n) is 20.3. The molecular weight excluding hydrogens is 491 g/mol. The van der Waals surface area contributed by atoms with Gasteiger partial charge in [0.05, 0.1) is 22.7 Å². The van der Waals surface area contributed by atoms with Crippen molar-refractivity contribution in [3.05, 3.63) is 125 Å². The number of halogens is 3. The molecule has 5 rings (SSSR count). The smallest absolute Gasteiger partial charge is 0.251 e. The maximum Gasteiger partial charge on any atom is 0.251 e. The van der Waals surface area contributed by atoms with Crippen LogP contribution in [0.4, 0.5) is 13.2 Å². The highest BCUT2D eigenvalue weighted by Gasteiger charge is 2.51. The molecule has 38 heavy (non-hydrogen) atoms. The summed E-state index contributed by atoms with van der Waals surface area (Å²) in [5, 5.41) is 3.07. The molecule has 192 valence electrons. The van der Waals surface area contributed by atoms with Crippen molar-refractivity contribution in [1.82, 2.24) is 10.3 Å². The van der Waals surface area contributed by atoms with Gasteiger partial charge in [0.15, 0.2) is 0 Å². The molecule has 3 N–H and O–H groups in total. The standard InChI is InChI=1S/C30H24F3N3O2/c31-21-13-18(14-22(32)17-21)15-26(36-29(38)30(10-11-30)20-5-2-1-3-6-20)27-23(7-4-12-35-27)19-8-9-25(33)24(16-19)28(34)37/h1-9,12-14,16-17,26H,10-11,15H2,(H2,34,37)(H,36,38)/t26-/m0/s1. The Bertz CT molecular complexity index is 1500. The lowest BCUT2D eigenvalue weighted by molar-refractivity contribution is -0.124. The van der Waals surface area contributed by atoms with Crippen LogP contribution in [0.2, 0.25) is 0 Å². The number of benzene rings is 3. The van der Waals surface area contributed by atoms with E-state index in [2.05, 4.69) is 10.3 Å². The molecule has 1 atom stereocenters. The molecule has 0 saturated heterocycles. The first-order chi connectivity index (χ1) is 18.3. The van der Waals surface area contributed by atoms with Crippen LogP contribution in [0.3, 0.4) is 0 Å². The monoisotopic (exact) mass is 515 g/mol. The Hall–Kier alpha value is -4.46. The van der Waals surface area contributed by atoms with Gasteiger partial charge in [0.2, 0.25) is 5.91 Å². The average Bonchev–Trinajstić information content (AvgIpc) is 3.71. The van der Waals surface area contributed by atoms with Crippen molar-refractivity contribution in [2.75, 3.05) is 0 Å². The third-order valence-corrected chi connectivity index (χ3v) is 6.89. The lowest BCUT2D eigenvalue weighted by atomic mass is 9.91. The second-order valence-electron chi connectivity index (χ2n) is 9.45. The van der Waals surface area contributed by atoms with Crippen LogP contribution in [0.15, 0.2) is 85.1 Å². The van der Waals surface area contributed by atoms with Crippen molar-refractivity contribution >= 4 is 11.8 Å². The molecular formula is C30H24F3N3O2. The Kier molecular flexibility index (Phi) is 6.72. The van der Waals surface area contributed by atoms with Gasteiger partial charge in [-0.25, -0.2) is 13.2 Å². The zero-order chi connectivity index (χ0) is 26.9. The molecule has 0 spiro atoms. The van der Waals surface area contributed by atoms with E-state index in [-0.39, 0.29) is 17.9 Å². The van der Waals surface area contributed by atoms with E-state index in [9.17, 15) is 22.8 Å². The number of nitrogens with zero attached hydrogens (tertiary/aromatic N) is 1. The average molecular weight is 516 g/mol. The molecule has 1 saturated carbocycles. The van der Waals surface area contributed by atoms with Crippen molar-refractivity contribution in [3.8, 4) is 11.1 Å². The maximum atomic E-state index is 14.2. The van der Waals surface area contributed by atoms with Gasteiger partial charge < -0.3 is 11.1 Å². The van der Waals surface area contributed by atoms with Gasteiger partial charge in [-0.05, 0) is 66.3 Å². The molecule has 1 aliphatic rings. The molecule has 1 fully saturated rings. The van der Waals surface area contributed by atoms with Crippen molar-refractivity contribution < 1.29 is 22.8 Å². The molecule has 4 aromatic rings. The van der Waals surface area contributed by atoms with Gasteiger partial charge in [0, 0.05) is 17.8 Å². The number of pyridine rings is 1. The maximum absolute atomic E-state index is 14.2. The molecule has 1 aliphatic carbocycles. The molecule has 3 aromatic carbocycles. The summed E-state index contributed by atoms with van der Waals surface area (Å²) in [5.41, 5.74) is 6.94. The number of rotatable bonds is 8. The zero-order valence-corrected chi connectivity index (χ0v) is 20.3. The first kappa shape index (κ1) is 25.2. The predicted molar refractivity (Wildman–Crippen MR) is 136 cm³/mol. The topological polar surface area (TPSA) is 85.1 Å². The Balaban J connectivity index is 1.57. The molecule has 5 nitrogen and oxygen atoms in total. The van der Waals surface area contributed by atoms with E-state index in [1.807, 2.05) is 30.3 Å². The normalized spacial score (nSPS) is 14.5. The fourth-order valence-corrected chi connectivity index (χ4v) is 4.83.